The van der Waals surface area contributed by atoms with Crippen molar-refractivity contribution in [3.05, 3.63) is 34.3 Å². The van der Waals surface area contributed by atoms with Crippen molar-refractivity contribution in [1.82, 2.24) is 0 Å². The molecule has 1 atom stereocenters. The van der Waals surface area contributed by atoms with Gasteiger partial charge < -0.3 is 5.11 Å². The average Bonchev–Trinajstić information content (AvgIpc) is 2.23. The molecule has 1 rings (SSSR count). The first-order chi connectivity index (χ1) is 7.99. The van der Waals surface area contributed by atoms with E-state index in [4.69, 9.17) is 5.11 Å². The Balaban J connectivity index is 2.66. The van der Waals surface area contributed by atoms with Gasteiger partial charge in [-0.2, -0.15) is 0 Å². The quantitative estimate of drug-likeness (QED) is 0.907. The van der Waals surface area contributed by atoms with E-state index in [1.807, 2.05) is 24.3 Å². The first kappa shape index (κ1) is 14.3. The predicted molar refractivity (Wildman–Crippen MR) is 72.1 cm³/mol. The first-order valence-corrected chi connectivity index (χ1v) is 6.87. The van der Waals surface area contributed by atoms with E-state index in [0.717, 1.165) is 21.8 Å². The molecule has 0 unspecified atom stereocenters. The molecule has 1 N–H and O–H groups in total. The Morgan fingerprint density at radius 3 is 2.71 bits per heavy atom. The fourth-order valence-electron chi connectivity index (χ4n) is 1.38. The molecule has 0 heterocycles. The van der Waals surface area contributed by atoms with Gasteiger partial charge in [0.1, 0.15) is 0 Å². The smallest absolute Gasteiger partial charge is 0.307 e. The lowest BCUT2D eigenvalue weighted by Gasteiger charge is -2.11. The molecule has 1 aromatic carbocycles. The van der Waals surface area contributed by atoms with Crippen LogP contribution in [0.5, 0.6) is 0 Å². The van der Waals surface area contributed by atoms with Crippen LogP contribution in [-0.4, -0.2) is 21.9 Å². The van der Waals surface area contributed by atoms with Crippen LogP contribution < -0.4 is 0 Å². The van der Waals surface area contributed by atoms with Gasteiger partial charge in [0.15, 0.2) is 5.12 Å². The number of carbonyl (C=O) groups excluding carboxylic acids is 1. The molecule has 5 heteroatoms. The first-order valence-electron chi connectivity index (χ1n) is 5.09. The lowest BCUT2D eigenvalue weighted by Crippen LogP contribution is -2.19. The highest BCUT2D eigenvalue weighted by atomic mass is 79.9. The normalized spacial score (nSPS) is 12.1. The van der Waals surface area contributed by atoms with Gasteiger partial charge in [0.2, 0.25) is 0 Å². The zero-order valence-electron chi connectivity index (χ0n) is 9.35. The van der Waals surface area contributed by atoms with E-state index >= 15 is 0 Å². The summed E-state index contributed by atoms with van der Waals surface area (Å²) in [6.45, 7) is 1.45. The lowest BCUT2D eigenvalue weighted by atomic mass is 10.0. The third-order valence-electron chi connectivity index (χ3n) is 2.21. The summed E-state index contributed by atoms with van der Waals surface area (Å²) < 4.78 is 0.929. The van der Waals surface area contributed by atoms with Crippen LogP contribution in [0.3, 0.4) is 0 Å². The van der Waals surface area contributed by atoms with Crippen LogP contribution in [0.15, 0.2) is 28.7 Å². The molecule has 0 aliphatic rings. The van der Waals surface area contributed by atoms with Crippen molar-refractivity contribution in [2.45, 2.75) is 13.3 Å². The fourth-order valence-corrected chi connectivity index (χ4v) is 2.53. The van der Waals surface area contributed by atoms with Gasteiger partial charge in [-0.1, -0.05) is 39.8 Å². The highest BCUT2D eigenvalue weighted by Gasteiger charge is 2.19. The van der Waals surface area contributed by atoms with E-state index < -0.39 is 11.9 Å². The van der Waals surface area contributed by atoms with Crippen LogP contribution in [0, 0.1) is 5.92 Å². The number of benzene rings is 1. The van der Waals surface area contributed by atoms with Gasteiger partial charge in [-0.3, -0.25) is 9.59 Å². The molecule has 92 valence electrons. The number of hydrogen-bond acceptors (Lipinski definition) is 3. The van der Waals surface area contributed by atoms with Crippen molar-refractivity contribution in [2.24, 2.45) is 5.92 Å². The van der Waals surface area contributed by atoms with Crippen molar-refractivity contribution >= 4 is 38.8 Å². The van der Waals surface area contributed by atoms with Crippen LogP contribution in [0.25, 0.3) is 0 Å². The van der Waals surface area contributed by atoms with Crippen molar-refractivity contribution in [3.63, 3.8) is 0 Å². The fraction of sp³-hybridized carbons (Fsp3) is 0.333. The van der Waals surface area contributed by atoms with E-state index in [-0.39, 0.29) is 5.12 Å². The molecule has 1 aromatic rings. The molecular formula is C12H13BrO3S. The molecule has 0 saturated heterocycles. The summed E-state index contributed by atoms with van der Waals surface area (Å²) in [5, 5.41) is 9.03. The third kappa shape index (κ3) is 5.37. The summed E-state index contributed by atoms with van der Waals surface area (Å²) in [5.41, 5.74) is 0.955. The maximum atomic E-state index is 11.1. The molecule has 0 fully saturated rings. The van der Waals surface area contributed by atoms with Crippen molar-refractivity contribution in [2.75, 3.05) is 5.75 Å². The maximum Gasteiger partial charge on any atom is 0.307 e. The molecule has 0 radical (unpaired) electrons. The number of carboxylic acids is 1. The van der Waals surface area contributed by atoms with E-state index in [1.54, 1.807) is 0 Å². The molecule has 3 nitrogen and oxygen atoms in total. The van der Waals surface area contributed by atoms with Crippen LogP contribution in [0.4, 0.5) is 0 Å². The monoisotopic (exact) mass is 316 g/mol. The summed E-state index contributed by atoms with van der Waals surface area (Å²) in [7, 11) is 0. The highest BCUT2D eigenvalue weighted by Crippen LogP contribution is 2.18. The molecule has 17 heavy (non-hydrogen) atoms. The van der Waals surface area contributed by atoms with Crippen LogP contribution in [0.2, 0.25) is 0 Å². The number of halogens is 1. The van der Waals surface area contributed by atoms with Crippen LogP contribution in [-0.2, 0) is 16.0 Å². The summed E-state index contributed by atoms with van der Waals surface area (Å²) in [5.74, 6) is -1.08. The minimum atomic E-state index is -0.862. The number of aliphatic carboxylic acids is 1. The van der Waals surface area contributed by atoms with Gasteiger partial charge in [-0.25, -0.2) is 0 Å². The van der Waals surface area contributed by atoms with Gasteiger partial charge in [-0.05, 0) is 24.1 Å². The van der Waals surface area contributed by atoms with Crippen molar-refractivity contribution in [3.8, 4) is 0 Å². The highest BCUT2D eigenvalue weighted by molar-refractivity contribution is 9.10. The largest absolute Gasteiger partial charge is 0.481 e. The third-order valence-corrected chi connectivity index (χ3v) is 3.68. The number of carbonyl (C=O) groups is 2. The summed E-state index contributed by atoms with van der Waals surface area (Å²) >= 11 is 4.40. The molecule has 0 bridgehead atoms. The zero-order chi connectivity index (χ0) is 12.8. The summed E-state index contributed by atoms with van der Waals surface area (Å²) in [6, 6.07) is 7.55. The molecular weight excluding hydrogens is 304 g/mol. The summed E-state index contributed by atoms with van der Waals surface area (Å²) in [4.78, 5) is 21.9. The van der Waals surface area contributed by atoms with E-state index in [1.165, 1.54) is 6.92 Å². The summed E-state index contributed by atoms with van der Waals surface area (Å²) in [6.07, 6.45) is 0.440. The Morgan fingerprint density at radius 1 is 1.47 bits per heavy atom. The van der Waals surface area contributed by atoms with Gasteiger partial charge in [0.05, 0.1) is 5.92 Å². The van der Waals surface area contributed by atoms with Gasteiger partial charge in [-0.15, -0.1) is 0 Å². The lowest BCUT2D eigenvalue weighted by molar-refractivity contribution is -0.140. The topological polar surface area (TPSA) is 54.4 Å². The van der Waals surface area contributed by atoms with E-state index in [0.29, 0.717) is 12.2 Å². The Hall–Kier alpha value is -0.810. The van der Waals surface area contributed by atoms with Crippen molar-refractivity contribution in [1.29, 1.82) is 0 Å². The zero-order valence-corrected chi connectivity index (χ0v) is 11.8. The Morgan fingerprint density at radius 2 is 2.18 bits per heavy atom. The van der Waals surface area contributed by atoms with Crippen LogP contribution in [0.1, 0.15) is 12.5 Å². The van der Waals surface area contributed by atoms with E-state index in [9.17, 15) is 9.59 Å². The standard InChI is InChI=1S/C12H13BrO3S/c1-8(14)17-7-10(12(15)16)5-9-3-2-4-11(13)6-9/h2-4,6,10H,5,7H2,1H3,(H,15,16)/t10-/m0/s1. The number of hydrogen-bond donors (Lipinski definition) is 1. The second-order valence-electron chi connectivity index (χ2n) is 3.67. The van der Waals surface area contributed by atoms with E-state index in [2.05, 4.69) is 15.9 Å². The molecule has 0 amide bonds. The minimum absolute atomic E-state index is 0.0505. The molecule has 0 aliphatic heterocycles. The SMILES string of the molecule is CC(=O)SC[C@H](Cc1cccc(Br)c1)C(=O)O. The maximum absolute atomic E-state index is 11.1. The molecule has 0 aromatic heterocycles. The van der Waals surface area contributed by atoms with Crippen LogP contribution >= 0.6 is 27.7 Å². The average molecular weight is 317 g/mol. The van der Waals surface area contributed by atoms with Gasteiger partial charge >= 0.3 is 5.97 Å². The number of thioether (sulfide) groups is 1. The Bertz CT molecular complexity index is 420. The molecule has 0 saturated carbocycles. The predicted octanol–water partition coefficient (Wildman–Crippen LogP) is 2.97. The number of carboxylic acid groups (broad SMARTS) is 1. The van der Waals surface area contributed by atoms with Gasteiger partial charge in [0.25, 0.3) is 0 Å². The minimum Gasteiger partial charge on any atom is -0.481 e. The second kappa shape index (κ2) is 6.81. The molecule has 0 spiro atoms. The number of rotatable bonds is 5. The van der Waals surface area contributed by atoms with Crippen molar-refractivity contribution < 1.29 is 14.7 Å². The Labute approximate surface area is 113 Å². The second-order valence-corrected chi connectivity index (χ2v) is 5.78. The Kier molecular flexibility index (Phi) is 5.71. The molecule has 0 aliphatic carbocycles. The van der Waals surface area contributed by atoms with Gasteiger partial charge in [0, 0.05) is 17.1 Å².